The number of aliphatic carboxylic acids is 3. The minimum atomic E-state index is -1.21. The van der Waals surface area contributed by atoms with Crippen molar-refractivity contribution in [3.05, 3.63) is 35.9 Å². The number of nitrogens with zero attached hydrogens (tertiary/aromatic N) is 1. The molecule has 0 saturated carbocycles. The predicted octanol–water partition coefficient (Wildman–Crippen LogP) is 0.674. The van der Waals surface area contributed by atoms with Crippen LogP contribution in [-0.2, 0) is 14.4 Å². The molecule has 0 fully saturated rings. The molecule has 0 aromatic heterocycles. The molecule has 1 aromatic rings. The third kappa shape index (κ3) is 5.07. The number of hydrogen-bond donors (Lipinski definition) is 3. The van der Waals surface area contributed by atoms with Crippen molar-refractivity contribution in [2.75, 3.05) is 13.1 Å². The van der Waals surface area contributed by atoms with Gasteiger partial charge < -0.3 is 15.3 Å². The van der Waals surface area contributed by atoms with Gasteiger partial charge in [0.25, 0.3) is 0 Å². The molecular formula is C13H15NO6. The average Bonchev–Trinajstić information content (AvgIpc) is 2.35. The van der Waals surface area contributed by atoms with Gasteiger partial charge in [0.2, 0.25) is 0 Å². The Morgan fingerprint density at radius 1 is 0.900 bits per heavy atom. The molecule has 1 aromatic carbocycles. The van der Waals surface area contributed by atoms with E-state index in [0.29, 0.717) is 5.56 Å². The van der Waals surface area contributed by atoms with Crippen molar-refractivity contribution in [3.8, 4) is 0 Å². The molecule has 0 aliphatic heterocycles. The van der Waals surface area contributed by atoms with Crippen LogP contribution in [0.4, 0.5) is 0 Å². The first-order valence-corrected chi connectivity index (χ1v) is 5.84. The van der Waals surface area contributed by atoms with Gasteiger partial charge in [-0.2, -0.15) is 0 Å². The van der Waals surface area contributed by atoms with E-state index < -0.39 is 37.0 Å². The highest BCUT2D eigenvalue weighted by atomic mass is 16.4. The van der Waals surface area contributed by atoms with Crippen LogP contribution in [0.1, 0.15) is 18.0 Å². The molecule has 1 atom stereocenters. The lowest BCUT2D eigenvalue weighted by Gasteiger charge is -2.28. The van der Waals surface area contributed by atoms with Gasteiger partial charge in [-0.1, -0.05) is 30.3 Å². The Morgan fingerprint density at radius 2 is 1.40 bits per heavy atom. The lowest BCUT2D eigenvalue weighted by molar-refractivity contribution is -0.146. The van der Waals surface area contributed by atoms with E-state index in [1.807, 2.05) is 0 Å². The Kier molecular flexibility index (Phi) is 5.67. The molecule has 0 heterocycles. The maximum absolute atomic E-state index is 10.9. The van der Waals surface area contributed by atoms with Crippen molar-refractivity contribution >= 4 is 17.9 Å². The van der Waals surface area contributed by atoms with E-state index in [1.54, 1.807) is 30.3 Å². The van der Waals surface area contributed by atoms with Crippen LogP contribution in [-0.4, -0.2) is 51.2 Å². The molecule has 0 amide bonds. The molecule has 3 N–H and O–H groups in total. The Morgan fingerprint density at radius 3 is 1.80 bits per heavy atom. The van der Waals surface area contributed by atoms with Crippen LogP contribution in [0.25, 0.3) is 0 Å². The van der Waals surface area contributed by atoms with Gasteiger partial charge in [0.15, 0.2) is 0 Å². The van der Waals surface area contributed by atoms with Crippen molar-refractivity contribution in [1.82, 2.24) is 4.90 Å². The maximum atomic E-state index is 10.9. The largest absolute Gasteiger partial charge is 0.481 e. The number of benzene rings is 1. The molecule has 0 saturated heterocycles. The van der Waals surface area contributed by atoms with E-state index in [0.717, 1.165) is 4.90 Å². The van der Waals surface area contributed by atoms with Gasteiger partial charge >= 0.3 is 17.9 Å². The molecule has 0 spiro atoms. The zero-order chi connectivity index (χ0) is 15.1. The summed E-state index contributed by atoms with van der Waals surface area (Å²) in [6, 6.07) is 7.59. The van der Waals surface area contributed by atoms with Crippen molar-refractivity contribution in [1.29, 1.82) is 0 Å². The lowest BCUT2D eigenvalue weighted by Crippen LogP contribution is -2.38. The first-order chi connectivity index (χ1) is 9.40. The van der Waals surface area contributed by atoms with E-state index in [4.69, 9.17) is 15.3 Å². The first-order valence-electron chi connectivity index (χ1n) is 5.84. The Balaban J connectivity index is 3.06. The van der Waals surface area contributed by atoms with Gasteiger partial charge in [0.1, 0.15) is 0 Å². The molecule has 7 nitrogen and oxygen atoms in total. The van der Waals surface area contributed by atoms with E-state index in [2.05, 4.69) is 0 Å². The minimum absolute atomic E-state index is 0.370. The molecule has 0 radical (unpaired) electrons. The van der Waals surface area contributed by atoms with Gasteiger partial charge in [-0.3, -0.25) is 19.3 Å². The van der Waals surface area contributed by atoms with E-state index in [1.165, 1.54) is 0 Å². The third-order valence-electron chi connectivity index (χ3n) is 2.67. The number of carbonyl (C=O) groups is 3. The molecule has 7 heteroatoms. The van der Waals surface area contributed by atoms with Gasteiger partial charge in [0, 0.05) is 6.04 Å². The topological polar surface area (TPSA) is 115 Å². The summed E-state index contributed by atoms with van der Waals surface area (Å²) in [7, 11) is 0. The molecular weight excluding hydrogens is 266 g/mol. The fraction of sp³-hybridized carbons (Fsp3) is 0.308. The van der Waals surface area contributed by atoms with Crippen LogP contribution in [0, 0.1) is 0 Å². The summed E-state index contributed by atoms with van der Waals surface area (Å²) >= 11 is 0. The summed E-state index contributed by atoms with van der Waals surface area (Å²) in [5.41, 5.74) is 0.567. The van der Waals surface area contributed by atoms with Crippen molar-refractivity contribution in [2.24, 2.45) is 0 Å². The van der Waals surface area contributed by atoms with E-state index in [9.17, 15) is 14.4 Å². The summed E-state index contributed by atoms with van der Waals surface area (Å²) in [6.45, 7) is -1.09. The summed E-state index contributed by atoms with van der Waals surface area (Å²) < 4.78 is 0. The highest BCUT2D eigenvalue weighted by molar-refractivity contribution is 5.73. The second-order valence-corrected chi connectivity index (χ2v) is 4.22. The monoisotopic (exact) mass is 281 g/mol. The van der Waals surface area contributed by atoms with Gasteiger partial charge in [-0.15, -0.1) is 0 Å². The van der Waals surface area contributed by atoms with Crippen molar-refractivity contribution < 1.29 is 29.7 Å². The van der Waals surface area contributed by atoms with Crippen LogP contribution >= 0.6 is 0 Å². The summed E-state index contributed by atoms with van der Waals surface area (Å²) in [6.07, 6.45) is -0.370. The molecule has 0 aliphatic rings. The van der Waals surface area contributed by atoms with Crippen LogP contribution in [0.2, 0.25) is 0 Å². The highest BCUT2D eigenvalue weighted by Crippen LogP contribution is 2.24. The molecule has 108 valence electrons. The van der Waals surface area contributed by atoms with Crippen LogP contribution in [0.5, 0.6) is 0 Å². The quantitative estimate of drug-likeness (QED) is 0.641. The Bertz CT molecular complexity index is 471. The van der Waals surface area contributed by atoms with Crippen molar-refractivity contribution in [2.45, 2.75) is 12.5 Å². The highest BCUT2D eigenvalue weighted by Gasteiger charge is 2.26. The number of hydrogen-bond acceptors (Lipinski definition) is 4. The van der Waals surface area contributed by atoms with Gasteiger partial charge in [-0.25, -0.2) is 0 Å². The number of rotatable bonds is 8. The average molecular weight is 281 g/mol. The molecule has 0 bridgehead atoms. The summed E-state index contributed by atoms with van der Waals surface area (Å²) in [5, 5.41) is 26.6. The zero-order valence-electron chi connectivity index (χ0n) is 10.6. The molecule has 0 aliphatic carbocycles. The van der Waals surface area contributed by atoms with Crippen LogP contribution in [0.15, 0.2) is 30.3 Å². The maximum Gasteiger partial charge on any atom is 0.317 e. The molecule has 20 heavy (non-hydrogen) atoms. The first kappa shape index (κ1) is 15.6. The van der Waals surface area contributed by atoms with Gasteiger partial charge in [-0.05, 0) is 5.56 Å². The van der Waals surface area contributed by atoms with Crippen LogP contribution < -0.4 is 0 Å². The Hall–Kier alpha value is -2.41. The third-order valence-corrected chi connectivity index (χ3v) is 2.67. The van der Waals surface area contributed by atoms with E-state index >= 15 is 0 Å². The minimum Gasteiger partial charge on any atom is -0.481 e. The van der Waals surface area contributed by atoms with Crippen LogP contribution in [0.3, 0.4) is 0 Å². The summed E-state index contributed by atoms with van der Waals surface area (Å²) in [5.74, 6) is -3.55. The number of carboxylic acid groups (broad SMARTS) is 3. The number of carboxylic acids is 3. The standard InChI is InChI=1S/C13H15NO6/c15-11(16)6-10(9-4-2-1-3-5-9)14(7-12(17)18)8-13(19)20/h1-5,10H,6-8H2,(H,15,16)(H,17,18)(H,19,20)/t10-/m0/s1. The zero-order valence-corrected chi connectivity index (χ0v) is 10.6. The summed E-state index contributed by atoms with van der Waals surface area (Å²) in [4.78, 5) is 33.7. The second kappa shape index (κ2) is 7.25. The van der Waals surface area contributed by atoms with Crippen molar-refractivity contribution in [3.63, 3.8) is 0 Å². The Labute approximate surface area is 115 Å². The smallest absolute Gasteiger partial charge is 0.317 e. The fourth-order valence-corrected chi connectivity index (χ4v) is 1.92. The van der Waals surface area contributed by atoms with Gasteiger partial charge in [0.05, 0.1) is 19.5 Å². The SMILES string of the molecule is O=C(O)C[C@@H](c1ccccc1)N(CC(=O)O)CC(=O)O. The molecule has 1 rings (SSSR count). The van der Waals surface area contributed by atoms with E-state index in [-0.39, 0.29) is 6.42 Å². The predicted molar refractivity (Wildman–Crippen MR) is 68.3 cm³/mol. The molecule has 0 unspecified atom stereocenters. The lowest BCUT2D eigenvalue weighted by atomic mass is 10.0. The second-order valence-electron chi connectivity index (χ2n) is 4.22. The fourth-order valence-electron chi connectivity index (χ4n) is 1.92. The normalized spacial score (nSPS) is 12.1.